The van der Waals surface area contributed by atoms with Crippen molar-refractivity contribution in [3.05, 3.63) is 36.5 Å². The molecule has 0 unspecified atom stereocenters. The van der Waals surface area contributed by atoms with Crippen molar-refractivity contribution in [3.63, 3.8) is 0 Å². The van der Waals surface area contributed by atoms with E-state index in [-0.39, 0.29) is 0 Å². The van der Waals surface area contributed by atoms with E-state index in [2.05, 4.69) is 20.6 Å². The summed E-state index contributed by atoms with van der Waals surface area (Å²) in [5.74, 6) is 0.783. The van der Waals surface area contributed by atoms with Crippen LogP contribution in [-0.2, 0) is 7.05 Å². The van der Waals surface area contributed by atoms with E-state index >= 15 is 0 Å². The van der Waals surface area contributed by atoms with E-state index in [1.54, 1.807) is 4.68 Å². The van der Waals surface area contributed by atoms with Crippen LogP contribution in [0.3, 0.4) is 0 Å². The summed E-state index contributed by atoms with van der Waals surface area (Å²) >= 11 is 0. The molecule has 0 saturated carbocycles. The smallest absolute Gasteiger partial charge is 0.156 e. The second-order valence-electron chi connectivity index (χ2n) is 4.07. The topological polar surface area (TPSA) is 55.6 Å². The molecule has 5 heteroatoms. The molecule has 2 aromatic heterocycles. The number of benzene rings is 1. The lowest BCUT2D eigenvalue weighted by molar-refractivity contribution is 0.769. The molecule has 1 aromatic carbocycles. The largest absolute Gasteiger partial charge is 0.371 e. The lowest BCUT2D eigenvalue weighted by Gasteiger charge is -2.06. The number of hydrogen-bond donors (Lipinski definition) is 1. The molecular weight excluding hydrogens is 226 g/mol. The van der Waals surface area contributed by atoms with Crippen molar-refractivity contribution in [1.29, 1.82) is 0 Å². The molecule has 0 fully saturated rings. The summed E-state index contributed by atoms with van der Waals surface area (Å²) in [6.07, 6.45) is 1.90. The van der Waals surface area contributed by atoms with Crippen LogP contribution in [0.1, 0.15) is 0 Å². The monoisotopic (exact) mass is 239 g/mol. The highest BCUT2D eigenvalue weighted by Crippen LogP contribution is 2.28. The Bertz CT molecular complexity index is 701. The van der Waals surface area contributed by atoms with Crippen molar-refractivity contribution in [3.8, 4) is 11.4 Å². The van der Waals surface area contributed by atoms with Gasteiger partial charge in [0.2, 0.25) is 0 Å². The molecule has 0 atom stereocenters. The zero-order valence-electron chi connectivity index (χ0n) is 10.3. The molecule has 5 nitrogen and oxygen atoms in total. The Morgan fingerprint density at radius 2 is 1.83 bits per heavy atom. The van der Waals surface area contributed by atoms with E-state index in [4.69, 9.17) is 0 Å². The molecule has 3 rings (SSSR count). The molecule has 3 aromatic rings. The lowest BCUT2D eigenvalue weighted by atomic mass is 10.1. The number of fused-ring (bicyclic) bond motifs is 1. The molecule has 0 amide bonds. The maximum atomic E-state index is 4.38. The van der Waals surface area contributed by atoms with Crippen LogP contribution in [-0.4, -0.2) is 27.0 Å². The van der Waals surface area contributed by atoms with Gasteiger partial charge < -0.3 is 5.32 Å². The third kappa shape index (κ3) is 1.60. The highest BCUT2D eigenvalue weighted by atomic mass is 15.3. The number of nitrogens with one attached hydrogen (secondary N) is 1. The van der Waals surface area contributed by atoms with Crippen molar-refractivity contribution in [2.75, 3.05) is 12.4 Å². The average molecular weight is 239 g/mol. The van der Waals surface area contributed by atoms with Crippen molar-refractivity contribution in [2.45, 2.75) is 0 Å². The van der Waals surface area contributed by atoms with Gasteiger partial charge in [-0.05, 0) is 6.07 Å². The van der Waals surface area contributed by atoms with Crippen LogP contribution in [0.15, 0.2) is 36.5 Å². The number of aryl methyl sites for hydroxylation is 1. The first-order valence-electron chi connectivity index (χ1n) is 5.73. The van der Waals surface area contributed by atoms with E-state index in [0.717, 1.165) is 28.0 Å². The molecule has 1 N–H and O–H groups in total. The first kappa shape index (κ1) is 10.7. The van der Waals surface area contributed by atoms with Crippen LogP contribution in [0.4, 0.5) is 5.82 Å². The second kappa shape index (κ2) is 4.10. The summed E-state index contributed by atoms with van der Waals surface area (Å²) < 4.78 is 1.76. The molecule has 0 radical (unpaired) electrons. The summed E-state index contributed by atoms with van der Waals surface area (Å²) in [6, 6.07) is 10.00. The Morgan fingerprint density at radius 1 is 1.06 bits per heavy atom. The van der Waals surface area contributed by atoms with Gasteiger partial charge in [-0.25, -0.2) is 0 Å². The number of nitrogens with zero attached hydrogens (tertiary/aromatic N) is 4. The predicted octanol–water partition coefficient (Wildman–Crippen LogP) is 2.07. The Hall–Kier alpha value is -2.43. The molecule has 0 saturated heterocycles. The maximum absolute atomic E-state index is 4.38. The molecule has 90 valence electrons. The number of anilines is 1. The van der Waals surface area contributed by atoms with Gasteiger partial charge in [0.05, 0.1) is 0 Å². The van der Waals surface area contributed by atoms with E-state index in [9.17, 15) is 0 Å². The Morgan fingerprint density at radius 3 is 2.50 bits per heavy atom. The van der Waals surface area contributed by atoms with Gasteiger partial charge in [-0.15, -0.1) is 10.2 Å². The standard InChI is InChI=1S/C13H13N5/c1-14-13-10-6-4-3-5-9(10)12(15-16-13)11-7-8-18(2)17-11/h3-8H,1-2H3,(H,14,16). The van der Waals surface area contributed by atoms with E-state index < -0.39 is 0 Å². The molecule has 0 spiro atoms. The molecule has 0 aliphatic rings. The van der Waals surface area contributed by atoms with Crippen molar-refractivity contribution >= 4 is 16.6 Å². The van der Waals surface area contributed by atoms with Crippen LogP contribution in [0.25, 0.3) is 22.2 Å². The van der Waals surface area contributed by atoms with Gasteiger partial charge in [0.15, 0.2) is 5.82 Å². The van der Waals surface area contributed by atoms with Crippen LogP contribution in [0.5, 0.6) is 0 Å². The maximum Gasteiger partial charge on any atom is 0.156 e. The number of aromatic nitrogens is 4. The fourth-order valence-electron chi connectivity index (χ4n) is 2.02. The molecular formula is C13H13N5. The van der Waals surface area contributed by atoms with Crippen LogP contribution >= 0.6 is 0 Å². The Balaban J connectivity index is 2.31. The first-order chi connectivity index (χ1) is 8.79. The quantitative estimate of drug-likeness (QED) is 0.743. The minimum absolute atomic E-state index is 0.783. The third-order valence-electron chi connectivity index (χ3n) is 2.88. The fraction of sp³-hybridized carbons (Fsp3) is 0.154. The number of rotatable bonds is 2. The summed E-state index contributed by atoms with van der Waals surface area (Å²) in [7, 11) is 3.73. The van der Waals surface area contributed by atoms with Crippen LogP contribution in [0, 0.1) is 0 Å². The van der Waals surface area contributed by atoms with E-state index in [1.807, 2.05) is 50.6 Å². The van der Waals surface area contributed by atoms with Gasteiger partial charge in [0, 0.05) is 31.1 Å². The Kier molecular flexibility index (Phi) is 2.44. The summed E-state index contributed by atoms with van der Waals surface area (Å²) in [4.78, 5) is 0. The van der Waals surface area contributed by atoms with Gasteiger partial charge >= 0.3 is 0 Å². The minimum Gasteiger partial charge on any atom is -0.371 e. The zero-order chi connectivity index (χ0) is 12.5. The molecule has 0 aliphatic heterocycles. The summed E-state index contributed by atoms with van der Waals surface area (Å²) in [5, 5.41) is 18.0. The highest BCUT2D eigenvalue weighted by molar-refractivity contribution is 5.99. The molecule has 0 bridgehead atoms. The fourth-order valence-corrected chi connectivity index (χ4v) is 2.02. The predicted molar refractivity (Wildman–Crippen MR) is 71.3 cm³/mol. The van der Waals surface area contributed by atoms with Gasteiger partial charge in [0.25, 0.3) is 0 Å². The molecule has 18 heavy (non-hydrogen) atoms. The van der Waals surface area contributed by atoms with Crippen molar-refractivity contribution in [1.82, 2.24) is 20.0 Å². The lowest BCUT2D eigenvalue weighted by Crippen LogP contribution is -1.99. The van der Waals surface area contributed by atoms with Crippen LogP contribution < -0.4 is 5.32 Å². The van der Waals surface area contributed by atoms with Crippen molar-refractivity contribution in [2.24, 2.45) is 7.05 Å². The van der Waals surface area contributed by atoms with Gasteiger partial charge in [0.1, 0.15) is 11.4 Å². The highest BCUT2D eigenvalue weighted by Gasteiger charge is 2.11. The zero-order valence-corrected chi connectivity index (χ0v) is 10.3. The molecule has 2 heterocycles. The molecule has 0 aliphatic carbocycles. The SMILES string of the molecule is CNc1nnc(-c2ccn(C)n2)c2ccccc12. The average Bonchev–Trinajstić information content (AvgIpc) is 2.84. The summed E-state index contributed by atoms with van der Waals surface area (Å²) in [6.45, 7) is 0. The first-order valence-corrected chi connectivity index (χ1v) is 5.73. The van der Waals surface area contributed by atoms with Crippen LogP contribution in [0.2, 0.25) is 0 Å². The minimum atomic E-state index is 0.783. The van der Waals surface area contributed by atoms with Crippen molar-refractivity contribution < 1.29 is 0 Å². The Labute approximate surface area is 104 Å². The van der Waals surface area contributed by atoms with Gasteiger partial charge in [-0.1, -0.05) is 24.3 Å². The van der Waals surface area contributed by atoms with E-state index in [1.165, 1.54) is 0 Å². The summed E-state index contributed by atoms with van der Waals surface area (Å²) in [5.41, 5.74) is 1.65. The normalized spacial score (nSPS) is 10.8. The second-order valence-corrected chi connectivity index (χ2v) is 4.07. The van der Waals surface area contributed by atoms with Gasteiger partial charge in [-0.2, -0.15) is 5.10 Å². The number of hydrogen-bond acceptors (Lipinski definition) is 4. The van der Waals surface area contributed by atoms with Gasteiger partial charge in [-0.3, -0.25) is 4.68 Å². The third-order valence-corrected chi connectivity index (χ3v) is 2.88. The van der Waals surface area contributed by atoms with E-state index in [0.29, 0.717) is 0 Å².